The van der Waals surface area contributed by atoms with Crippen LogP contribution in [0.3, 0.4) is 0 Å². The van der Waals surface area contributed by atoms with E-state index in [1.807, 2.05) is 6.07 Å². The highest BCUT2D eigenvalue weighted by Gasteiger charge is 2.15. The van der Waals surface area contributed by atoms with Crippen molar-refractivity contribution in [2.45, 2.75) is 20.3 Å². The van der Waals surface area contributed by atoms with Crippen molar-refractivity contribution in [3.8, 4) is 6.07 Å². The molecule has 0 heterocycles. The van der Waals surface area contributed by atoms with Crippen LogP contribution in [0.1, 0.15) is 34.8 Å². The molecule has 0 saturated heterocycles. The SMILES string of the molecule is CC(=O)CC(=O)c1c(C)cccc1C#N. The van der Waals surface area contributed by atoms with Gasteiger partial charge in [-0.05, 0) is 25.5 Å². The number of Topliss-reactive ketones (excluding diaryl/α,β-unsaturated/α-hetero) is 2. The van der Waals surface area contributed by atoms with Gasteiger partial charge in [0.05, 0.1) is 18.1 Å². The fourth-order valence-corrected chi connectivity index (χ4v) is 1.45. The van der Waals surface area contributed by atoms with Crippen molar-refractivity contribution < 1.29 is 9.59 Å². The predicted octanol–water partition coefficient (Wildman–Crippen LogP) is 2.03. The van der Waals surface area contributed by atoms with E-state index in [1.54, 1.807) is 25.1 Å². The van der Waals surface area contributed by atoms with Gasteiger partial charge >= 0.3 is 0 Å². The first-order chi connectivity index (χ1) is 7.06. The molecule has 76 valence electrons. The Hall–Kier alpha value is -1.95. The number of nitriles is 1. The van der Waals surface area contributed by atoms with Crippen molar-refractivity contribution in [3.63, 3.8) is 0 Å². The van der Waals surface area contributed by atoms with Gasteiger partial charge < -0.3 is 0 Å². The van der Waals surface area contributed by atoms with Crippen molar-refractivity contribution in [3.05, 3.63) is 34.9 Å². The highest BCUT2D eigenvalue weighted by Crippen LogP contribution is 2.15. The molecule has 0 N–H and O–H groups in total. The van der Waals surface area contributed by atoms with Crippen LogP contribution in [-0.2, 0) is 4.79 Å². The zero-order chi connectivity index (χ0) is 11.4. The Balaban J connectivity index is 3.19. The van der Waals surface area contributed by atoms with Gasteiger partial charge in [0, 0.05) is 5.56 Å². The first kappa shape index (κ1) is 11.1. The van der Waals surface area contributed by atoms with Gasteiger partial charge in [0.1, 0.15) is 5.78 Å². The third-order valence-corrected chi connectivity index (χ3v) is 2.08. The summed E-state index contributed by atoms with van der Waals surface area (Å²) in [4.78, 5) is 22.5. The summed E-state index contributed by atoms with van der Waals surface area (Å²) in [5.74, 6) is -0.468. The maximum atomic E-state index is 11.7. The van der Waals surface area contributed by atoms with E-state index in [9.17, 15) is 9.59 Å². The highest BCUT2D eigenvalue weighted by molar-refractivity contribution is 6.09. The van der Waals surface area contributed by atoms with Crippen LogP contribution in [0.4, 0.5) is 0 Å². The van der Waals surface area contributed by atoms with Crippen LogP contribution in [0.15, 0.2) is 18.2 Å². The summed E-state index contributed by atoms with van der Waals surface area (Å²) in [6.45, 7) is 3.12. The Morgan fingerprint density at radius 1 is 1.40 bits per heavy atom. The number of benzene rings is 1. The second-order valence-corrected chi connectivity index (χ2v) is 3.41. The predicted molar refractivity (Wildman–Crippen MR) is 55.5 cm³/mol. The number of hydrogen-bond donors (Lipinski definition) is 0. The number of hydrogen-bond acceptors (Lipinski definition) is 3. The third-order valence-electron chi connectivity index (χ3n) is 2.08. The zero-order valence-corrected chi connectivity index (χ0v) is 8.70. The summed E-state index contributed by atoms with van der Waals surface area (Å²) in [5, 5.41) is 8.84. The van der Waals surface area contributed by atoms with Gasteiger partial charge in [-0.2, -0.15) is 5.26 Å². The molecule has 15 heavy (non-hydrogen) atoms. The third kappa shape index (κ3) is 2.50. The monoisotopic (exact) mass is 201 g/mol. The Morgan fingerprint density at radius 3 is 2.60 bits per heavy atom. The number of nitrogens with zero attached hydrogens (tertiary/aromatic N) is 1. The van der Waals surface area contributed by atoms with Crippen LogP contribution in [0.2, 0.25) is 0 Å². The van der Waals surface area contributed by atoms with E-state index in [0.29, 0.717) is 11.1 Å². The zero-order valence-electron chi connectivity index (χ0n) is 8.70. The smallest absolute Gasteiger partial charge is 0.171 e. The molecule has 1 rings (SSSR count). The first-order valence-corrected chi connectivity index (χ1v) is 4.58. The van der Waals surface area contributed by atoms with Crippen LogP contribution >= 0.6 is 0 Å². The number of ketones is 2. The lowest BCUT2D eigenvalue weighted by atomic mass is 9.96. The average molecular weight is 201 g/mol. The molecule has 0 saturated carbocycles. The van der Waals surface area contributed by atoms with Gasteiger partial charge in [0.25, 0.3) is 0 Å². The largest absolute Gasteiger partial charge is 0.300 e. The number of carbonyl (C=O) groups excluding carboxylic acids is 2. The van der Waals surface area contributed by atoms with Crippen LogP contribution in [0.25, 0.3) is 0 Å². The van der Waals surface area contributed by atoms with E-state index >= 15 is 0 Å². The van der Waals surface area contributed by atoms with Gasteiger partial charge in [-0.1, -0.05) is 12.1 Å². The van der Waals surface area contributed by atoms with Crippen molar-refractivity contribution in [1.29, 1.82) is 5.26 Å². The summed E-state index contributed by atoms with van der Waals surface area (Å²) in [7, 11) is 0. The average Bonchev–Trinajstić information content (AvgIpc) is 2.15. The lowest BCUT2D eigenvalue weighted by Gasteiger charge is -2.05. The van der Waals surface area contributed by atoms with E-state index in [-0.39, 0.29) is 18.0 Å². The molecular weight excluding hydrogens is 190 g/mol. The van der Waals surface area contributed by atoms with E-state index in [2.05, 4.69) is 0 Å². The van der Waals surface area contributed by atoms with Crippen LogP contribution in [0.5, 0.6) is 0 Å². The van der Waals surface area contributed by atoms with Gasteiger partial charge in [0.15, 0.2) is 5.78 Å². The number of aryl methyl sites for hydroxylation is 1. The Bertz CT molecular complexity index is 455. The van der Waals surface area contributed by atoms with Crippen LogP contribution < -0.4 is 0 Å². The molecule has 0 atom stereocenters. The Labute approximate surface area is 88.3 Å². The number of carbonyl (C=O) groups is 2. The standard InChI is InChI=1S/C12H11NO2/c1-8-4-3-5-10(7-13)12(8)11(15)6-9(2)14/h3-5H,6H2,1-2H3. The van der Waals surface area contributed by atoms with Gasteiger partial charge in [-0.3, -0.25) is 9.59 Å². The minimum atomic E-state index is -0.280. The Kier molecular flexibility index (Phi) is 3.35. The first-order valence-electron chi connectivity index (χ1n) is 4.58. The van der Waals surface area contributed by atoms with Crippen LogP contribution in [0, 0.1) is 18.3 Å². The number of rotatable bonds is 3. The molecule has 0 unspecified atom stereocenters. The lowest BCUT2D eigenvalue weighted by Crippen LogP contribution is -2.08. The van der Waals surface area contributed by atoms with Crippen molar-refractivity contribution in [2.24, 2.45) is 0 Å². The molecule has 1 aromatic rings. The molecule has 0 aromatic heterocycles. The maximum Gasteiger partial charge on any atom is 0.171 e. The fraction of sp³-hybridized carbons (Fsp3) is 0.250. The van der Waals surface area contributed by atoms with E-state index in [1.165, 1.54) is 6.92 Å². The summed E-state index contributed by atoms with van der Waals surface area (Å²) in [6, 6.07) is 7.02. The Morgan fingerprint density at radius 2 is 2.07 bits per heavy atom. The van der Waals surface area contributed by atoms with Crippen molar-refractivity contribution >= 4 is 11.6 Å². The van der Waals surface area contributed by atoms with E-state index in [0.717, 1.165) is 5.56 Å². The normalized spacial score (nSPS) is 9.40. The molecule has 0 aliphatic carbocycles. The highest BCUT2D eigenvalue weighted by atomic mass is 16.1. The summed E-state index contributed by atoms with van der Waals surface area (Å²) < 4.78 is 0. The van der Waals surface area contributed by atoms with Crippen molar-refractivity contribution in [1.82, 2.24) is 0 Å². The summed E-state index contributed by atoms with van der Waals surface area (Å²) in [6.07, 6.45) is -0.139. The van der Waals surface area contributed by atoms with Gasteiger partial charge in [-0.25, -0.2) is 0 Å². The second kappa shape index (κ2) is 4.52. The van der Waals surface area contributed by atoms with Crippen molar-refractivity contribution in [2.75, 3.05) is 0 Å². The minimum Gasteiger partial charge on any atom is -0.300 e. The van der Waals surface area contributed by atoms with Gasteiger partial charge in [-0.15, -0.1) is 0 Å². The summed E-state index contributed by atoms with van der Waals surface area (Å²) in [5.41, 5.74) is 1.44. The molecule has 0 radical (unpaired) electrons. The fourth-order valence-electron chi connectivity index (χ4n) is 1.45. The lowest BCUT2D eigenvalue weighted by molar-refractivity contribution is -0.116. The molecule has 3 heteroatoms. The summed E-state index contributed by atoms with van der Waals surface area (Å²) >= 11 is 0. The molecule has 1 aromatic carbocycles. The van der Waals surface area contributed by atoms with E-state index < -0.39 is 0 Å². The second-order valence-electron chi connectivity index (χ2n) is 3.41. The quantitative estimate of drug-likeness (QED) is 0.555. The maximum absolute atomic E-state index is 11.7. The molecule has 0 bridgehead atoms. The van der Waals surface area contributed by atoms with E-state index in [4.69, 9.17) is 5.26 Å². The molecule has 3 nitrogen and oxygen atoms in total. The van der Waals surface area contributed by atoms with Gasteiger partial charge in [0.2, 0.25) is 0 Å². The molecule has 0 aliphatic rings. The van der Waals surface area contributed by atoms with Crippen LogP contribution in [-0.4, -0.2) is 11.6 Å². The molecule has 0 fully saturated rings. The molecule has 0 amide bonds. The topological polar surface area (TPSA) is 57.9 Å². The molecule has 0 aliphatic heterocycles. The molecular formula is C12H11NO2. The molecule has 0 spiro atoms. The minimum absolute atomic E-state index is 0.139.